The maximum Gasteiger partial charge on any atom is 0.134 e. The van der Waals surface area contributed by atoms with E-state index >= 15 is 0 Å². The van der Waals surface area contributed by atoms with Crippen LogP contribution in [-0.2, 0) is 9.47 Å². The average Bonchev–Trinajstić information content (AvgIpc) is 3.71. The van der Waals surface area contributed by atoms with Crippen LogP contribution in [0.1, 0.15) is 12.1 Å². The fourth-order valence-corrected chi connectivity index (χ4v) is 6.88. The van der Waals surface area contributed by atoms with Crippen molar-refractivity contribution in [3.05, 3.63) is 60.9 Å². The molecule has 4 aromatic rings. The molecule has 0 radical (unpaired) electrons. The van der Waals surface area contributed by atoms with Gasteiger partial charge in [0.15, 0.2) is 0 Å². The van der Waals surface area contributed by atoms with Gasteiger partial charge in [0.2, 0.25) is 0 Å². The van der Waals surface area contributed by atoms with E-state index < -0.39 is 72.8 Å². The first-order chi connectivity index (χ1) is 21.7. The van der Waals surface area contributed by atoms with Crippen molar-refractivity contribution in [1.82, 2.24) is 30.0 Å². The molecule has 2 aliphatic rings. The van der Waals surface area contributed by atoms with Gasteiger partial charge in [-0.2, -0.15) is 0 Å². The van der Waals surface area contributed by atoms with Gasteiger partial charge < -0.3 is 50.3 Å². The van der Waals surface area contributed by atoms with E-state index in [1.807, 2.05) is 0 Å². The third-order valence-electron chi connectivity index (χ3n) is 7.88. The van der Waals surface area contributed by atoms with Gasteiger partial charge in [0.1, 0.15) is 82.5 Å². The van der Waals surface area contributed by atoms with E-state index in [0.717, 1.165) is 11.8 Å². The van der Waals surface area contributed by atoms with E-state index in [9.17, 15) is 40.9 Å². The monoisotopic (exact) mass is 644 g/mol. The molecule has 6 rings (SSSR count). The molecule has 0 amide bonds. The molecule has 17 heteroatoms. The minimum absolute atomic E-state index is 0.0159. The molecule has 8 N–H and O–H groups in total. The largest absolute Gasteiger partial charge is 0.508 e. The van der Waals surface area contributed by atoms with E-state index in [0.29, 0.717) is 22.5 Å². The number of benzene rings is 2. The minimum Gasteiger partial charge on any atom is -0.508 e. The number of hydrogen-bond donors (Lipinski definition) is 8. The topological polar surface area (TPSA) is 242 Å². The number of hydrogen-bond acceptors (Lipinski definition) is 15. The summed E-state index contributed by atoms with van der Waals surface area (Å²) in [4.78, 5) is 0. The summed E-state index contributed by atoms with van der Waals surface area (Å²) >= 11 is 0.829. The van der Waals surface area contributed by atoms with Gasteiger partial charge in [-0.05, 0) is 24.3 Å². The normalized spacial score (nSPS) is 32.0. The van der Waals surface area contributed by atoms with E-state index in [4.69, 9.17) is 9.47 Å². The number of aliphatic hydroxyl groups excluding tert-OH is 6. The quantitative estimate of drug-likeness (QED) is 0.115. The standard InChI is InChI=1S/C28H32N6O10S/c35-11-19-23(39)21(33-9-17(29-31-33)13-3-1-5-15(37)7-13)25(41)27(43-19)45-28-26(42)22(24(40)20(12-36)44-28)34-10-18(30-32-34)14-4-2-6-16(38)8-14/h1-10,19-28,35-42H,11-12H2/t19-,20-,21+,22+,23+,24+,25-,26-,27+,28+/m1/s1. The van der Waals surface area contributed by atoms with Gasteiger partial charge in [0.05, 0.1) is 25.6 Å². The van der Waals surface area contributed by atoms with Crippen LogP contribution in [0.4, 0.5) is 0 Å². The van der Waals surface area contributed by atoms with Crippen molar-refractivity contribution in [3.8, 4) is 34.0 Å². The summed E-state index contributed by atoms with van der Waals surface area (Å²) in [5.41, 5.74) is -0.600. The van der Waals surface area contributed by atoms with Crippen molar-refractivity contribution < 1.29 is 50.3 Å². The first-order valence-corrected chi connectivity index (χ1v) is 15.0. The number of aromatic nitrogens is 6. The summed E-state index contributed by atoms with van der Waals surface area (Å²) in [5, 5.41) is 101. The fourth-order valence-electron chi connectivity index (χ4n) is 5.56. The van der Waals surface area contributed by atoms with Gasteiger partial charge in [-0.1, -0.05) is 46.5 Å². The molecule has 0 spiro atoms. The highest BCUT2D eigenvalue weighted by Crippen LogP contribution is 2.42. The Labute approximate surface area is 259 Å². The molecule has 2 saturated heterocycles. The maximum absolute atomic E-state index is 11.4. The van der Waals surface area contributed by atoms with Gasteiger partial charge in [-0.3, -0.25) is 0 Å². The summed E-state index contributed by atoms with van der Waals surface area (Å²) in [7, 11) is 0. The molecule has 0 aliphatic carbocycles. The molecule has 0 unspecified atom stereocenters. The van der Waals surface area contributed by atoms with E-state index in [-0.39, 0.29) is 11.5 Å². The van der Waals surface area contributed by atoms with E-state index in [2.05, 4.69) is 20.6 Å². The molecule has 2 aromatic heterocycles. The first-order valence-electron chi connectivity index (χ1n) is 14.0. The second kappa shape index (κ2) is 13.0. The van der Waals surface area contributed by atoms with Gasteiger partial charge in [0, 0.05) is 11.1 Å². The summed E-state index contributed by atoms with van der Waals surface area (Å²) < 4.78 is 14.1. The Balaban J connectivity index is 1.25. The van der Waals surface area contributed by atoms with Crippen molar-refractivity contribution in [2.24, 2.45) is 0 Å². The number of phenols is 2. The highest BCUT2D eigenvalue weighted by molar-refractivity contribution is 8.00. The first kappa shape index (κ1) is 31.3. The van der Waals surface area contributed by atoms with Crippen LogP contribution in [0.3, 0.4) is 0 Å². The van der Waals surface area contributed by atoms with Crippen molar-refractivity contribution in [1.29, 1.82) is 0 Å². The van der Waals surface area contributed by atoms with Crippen LogP contribution in [0.5, 0.6) is 11.5 Å². The zero-order valence-electron chi connectivity index (χ0n) is 23.4. The summed E-state index contributed by atoms with van der Waals surface area (Å²) in [6.07, 6.45) is -5.15. The predicted octanol–water partition coefficient (Wildman–Crippen LogP) is -0.992. The Hall–Kier alpha value is -3.65. The molecule has 45 heavy (non-hydrogen) atoms. The third kappa shape index (κ3) is 6.14. The zero-order valence-corrected chi connectivity index (χ0v) is 24.3. The lowest BCUT2D eigenvalue weighted by Crippen LogP contribution is -2.58. The number of phenolic OH excluding ortho intramolecular Hbond substituents is 2. The Morgan fingerprint density at radius 2 is 1.07 bits per heavy atom. The highest BCUT2D eigenvalue weighted by atomic mass is 32.2. The van der Waals surface area contributed by atoms with Crippen molar-refractivity contribution >= 4 is 11.8 Å². The zero-order chi connectivity index (χ0) is 31.8. The minimum atomic E-state index is -1.47. The molecule has 0 bridgehead atoms. The lowest BCUT2D eigenvalue weighted by Gasteiger charge is -2.46. The Morgan fingerprint density at radius 3 is 1.44 bits per heavy atom. The summed E-state index contributed by atoms with van der Waals surface area (Å²) in [5.74, 6) is 0.0317. The van der Waals surface area contributed by atoms with Gasteiger partial charge >= 0.3 is 0 Å². The molecule has 2 fully saturated rings. The van der Waals surface area contributed by atoms with Crippen LogP contribution in [0, 0.1) is 0 Å². The number of aromatic hydroxyl groups is 2. The maximum atomic E-state index is 11.4. The Kier molecular flexibility index (Phi) is 9.05. The molecule has 0 saturated carbocycles. The lowest BCUT2D eigenvalue weighted by molar-refractivity contribution is -0.189. The number of rotatable bonds is 8. The molecule has 2 aliphatic heterocycles. The summed E-state index contributed by atoms with van der Waals surface area (Å²) in [6, 6.07) is 10.3. The van der Waals surface area contributed by atoms with Crippen LogP contribution >= 0.6 is 11.8 Å². The van der Waals surface area contributed by atoms with E-state index in [1.165, 1.54) is 46.0 Å². The van der Waals surface area contributed by atoms with Crippen molar-refractivity contribution in [2.45, 2.75) is 59.6 Å². The highest BCUT2D eigenvalue weighted by Gasteiger charge is 2.51. The number of thioether (sulfide) groups is 1. The molecule has 4 heterocycles. The molecular weight excluding hydrogens is 612 g/mol. The van der Waals surface area contributed by atoms with Gasteiger partial charge in [0.25, 0.3) is 0 Å². The Bertz CT molecular complexity index is 1490. The molecule has 240 valence electrons. The molecule has 16 nitrogen and oxygen atoms in total. The van der Waals surface area contributed by atoms with Gasteiger partial charge in [-0.15, -0.1) is 10.2 Å². The lowest BCUT2D eigenvalue weighted by atomic mass is 9.97. The third-order valence-corrected chi connectivity index (χ3v) is 9.20. The predicted molar refractivity (Wildman–Crippen MR) is 155 cm³/mol. The number of ether oxygens (including phenoxy) is 2. The van der Waals surface area contributed by atoms with E-state index in [1.54, 1.807) is 24.3 Å². The smallest absolute Gasteiger partial charge is 0.134 e. The average molecular weight is 645 g/mol. The second-order valence-corrected chi connectivity index (χ2v) is 12.0. The number of nitrogens with zero attached hydrogens (tertiary/aromatic N) is 6. The summed E-state index contributed by atoms with van der Waals surface area (Å²) in [6.45, 7) is -1.22. The van der Waals surface area contributed by atoms with Crippen molar-refractivity contribution in [3.63, 3.8) is 0 Å². The number of aliphatic hydroxyl groups is 6. The van der Waals surface area contributed by atoms with Crippen LogP contribution < -0.4 is 0 Å². The van der Waals surface area contributed by atoms with Crippen LogP contribution in [0.15, 0.2) is 60.9 Å². The van der Waals surface area contributed by atoms with Gasteiger partial charge in [-0.25, -0.2) is 9.36 Å². The van der Waals surface area contributed by atoms with Crippen LogP contribution in [0.25, 0.3) is 22.5 Å². The van der Waals surface area contributed by atoms with Crippen molar-refractivity contribution in [2.75, 3.05) is 13.2 Å². The molecule has 2 aromatic carbocycles. The van der Waals surface area contributed by atoms with Crippen LogP contribution in [-0.4, -0.2) is 132 Å². The second-order valence-electron chi connectivity index (χ2n) is 10.8. The fraction of sp³-hybridized carbons (Fsp3) is 0.429. The molecule has 10 atom stereocenters. The molecular formula is C28H32N6O10S. The SMILES string of the molecule is OC[C@H]1O[C@@H](S[C@@H]2O[C@H](CO)[C@H](O)[C@H](n3cc(-c4cccc(O)c4)nn3)[C@H]2O)[C@H](O)[C@@H](n2cc(-c3cccc(O)c3)nn2)[C@H]1O. The Morgan fingerprint density at radius 1 is 0.644 bits per heavy atom. The van der Waals surface area contributed by atoms with Crippen LogP contribution in [0.2, 0.25) is 0 Å².